The molecule has 9 nitrogen and oxygen atoms in total. The molecule has 1 aromatic heterocycles. The van der Waals surface area contributed by atoms with Crippen molar-refractivity contribution in [3.8, 4) is 17.3 Å². The third-order valence-corrected chi connectivity index (χ3v) is 7.71. The lowest BCUT2D eigenvalue weighted by molar-refractivity contribution is -0.121. The predicted molar refractivity (Wildman–Crippen MR) is 136 cm³/mol. The number of rotatable bonds is 11. The number of amides is 1. The lowest BCUT2D eigenvalue weighted by Crippen LogP contribution is -2.35. The number of anilines is 2. The van der Waals surface area contributed by atoms with E-state index in [2.05, 4.69) is 16.0 Å². The molecule has 11 heteroatoms. The molecule has 3 N–H and O–H groups in total. The van der Waals surface area contributed by atoms with Gasteiger partial charge in [-0.2, -0.15) is 5.26 Å². The molecule has 3 rings (SSSR count). The highest BCUT2D eigenvalue weighted by molar-refractivity contribution is 7.92. The summed E-state index contributed by atoms with van der Waals surface area (Å²) in [4.78, 5) is 16.5. The smallest absolute Gasteiger partial charge is 0.232 e. The largest absolute Gasteiger partial charge is 0.359 e. The van der Waals surface area contributed by atoms with Gasteiger partial charge in [-0.05, 0) is 50.4 Å². The maximum absolute atomic E-state index is 12.4. The Morgan fingerprint density at radius 2 is 2.03 bits per heavy atom. The Balaban J connectivity index is 1.62. The van der Waals surface area contributed by atoms with Gasteiger partial charge in [0.25, 0.3) is 0 Å². The zero-order valence-electron chi connectivity index (χ0n) is 19.6. The number of hydrogen-bond donors (Lipinski definition) is 3. The van der Waals surface area contributed by atoms with Crippen molar-refractivity contribution in [2.75, 3.05) is 42.1 Å². The van der Waals surface area contributed by atoms with Crippen LogP contribution in [0.1, 0.15) is 32.6 Å². The van der Waals surface area contributed by atoms with Gasteiger partial charge in [0.15, 0.2) is 5.13 Å². The summed E-state index contributed by atoms with van der Waals surface area (Å²) in [5.41, 5.74) is 2.36. The Kier molecular flexibility index (Phi) is 9.27. The minimum Gasteiger partial charge on any atom is -0.359 e. The first-order valence-corrected chi connectivity index (χ1v) is 14.1. The van der Waals surface area contributed by atoms with Crippen LogP contribution in [0.5, 0.6) is 0 Å². The number of nitrogens with one attached hydrogen (secondary N) is 3. The van der Waals surface area contributed by atoms with E-state index in [4.69, 9.17) is 10.2 Å². The van der Waals surface area contributed by atoms with Crippen molar-refractivity contribution in [1.29, 1.82) is 5.26 Å². The summed E-state index contributed by atoms with van der Waals surface area (Å²) < 4.78 is 26.3. The van der Waals surface area contributed by atoms with Gasteiger partial charge in [0, 0.05) is 30.0 Å². The standard InChI is InChI=1S/C23H32N6O3S2/c1-17(15-22(30)26-13-10-24)9-14-29(34(2,31)32)20-5-3-18(4-6-20)21-16-33-23(28-21)27-19-7-11-25-12-8-19/h3-6,16-17,19,25H,7-9,11-15H2,1-2H3,(H,26,30)(H,27,28). The fourth-order valence-corrected chi connectivity index (χ4v) is 5.60. The summed E-state index contributed by atoms with van der Waals surface area (Å²) in [7, 11) is -3.49. The van der Waals surface area contributed by atoms with Crippen LogP contribution in [-0.4, -0.2) is 57.8 Å². The summed E-state index contributed by atoms with van der Waals surface area (Å²) >= 11 is 1.57. The van der Waals surface area contributed by atoms with Crippen LogP contribution in [0.15, 0.2) is 29.6 Å². The Morgan fingerprint density at radius 3 is 2.68 bits per heavy atom. The molecular formula is C23H32N6O3S2. The van der Waals surface area contributed by atoms with Crippen LogP contribution >= 0.6 is 11.3 Å². The van der Waals surface area contributed by atoms with Crippen LogP contribution in [0.25, 0.3) is 11.3 Å². The third kappa shape index (κ3) is 7.68. The molecule has 2 heterocycles. The van der Waals surface area contributed by atoms with Gasteiger partial charge in [0.2, 0.25) is 15.9 Å². The average Bonchev–Trinajstić information content (AvgIpc) is 3.26. The van der Waals surface area contributed by atoms with Crippen molar-refractivity contribution in [2.45, 2.75) is 38.6 Å². The van der Waals surface area contributed by atoms with E-state index in [1.54, 1.807) is 23.5 Å². The molecule has 1 aliphatic heterocycles. The summed E-state index contributed by atoms with van der Waals surface area (Å²) in [5, 5.41) is 20.8. The van der Waals surface area contributed by atoms with Crippen molar-refractivity contribution >= 4 is 38.1 Å². The second-order valence-corrected chi connectivity index (χ2v) is 11.4. The van der Waals surface area contributed by atoms with E-state index in [9.17, 15) is 13.2 Å². The van der Waals surface area contributed by atoms with Gasteiger partial charge < -0.3 is 16.0 Å². The molecule has 1 amide bonds. The Hall–Kier alpha value is -2.68. The zero-order chi connectivity index (χ0) is 24.6. The topological polar surface area (TPSA) is 127 Å². The summed E-state index contributed by atoms with van der Waals surface area (Å²) in [6.07, 6.45) is 4.11. The minimum absolute atomic E-state index is 0.0249. The van der Waals surface area contributed by atoms with Crippen LogP contribution in [0.2, 0.25) is 0 Å². The van der Waals surface area contributed by atoms with Gasteiger partial charge >= 0.3 is 0 Å². The Labute approximate surface area is 205 Å². The summed E-state index contributed by atoms with van der Waals surface area (Å²) in [5.74, 6) is -0.232. The highest BCUT2D eigenvalue weighted by Crippen LogP contribution is 2.29. The van der Waals surface area contributed by atoms with E-state index < -0.39 is 10.0 Å². The minimum atomic E-state index is -3.49. The zero-order valence-corrected chi connectivity index (χ0v) is 21.2. The van der Waals surface area contributed by atoms with Crippen LogP contribution in [0, 0.1) is 17.2 Å². The second kappa shape index (κ2) is 12.1. The number of hydrogen-bond acceptors (Lipinski definition) is 8. The fraction of sp³-hybridized carbons (Fsp3) is 0.522. The van der Waals surface area contributed by atoms with E-state index in [0.717, 1.165) is 42.3 Å². The van der Waals surface area contributed by atoms with Crippen molar-refractivity contribution in [2.24, 2.45) is 5.92 Å². The molecule has 0 aliphatic carbocycles. The molecule has 0 spiro atoms. The van der Waals surface area contributed by atoms with E-state index in [1.165, 1.54) is 10.6 Å². The van der Waals surface area contributed by atoms with Gasteiger partial charge in [-0.25, -0.2) is 13.4 Å². The second-order valence-electron chi connectivity index (χ2n) is 8.62. The number of sulfonamides is 1. The number of benzene rings is 1. The molecule has 1 aromatic carbocycles. The molecular weight excluding hydrogens is 472 g/mol. The van der Waals surface area contributed by atoms with Crippen LogP contribution in [0.3, 0.4) is 0 Å². The first kappa shape index (κ1) is 25.9. The molecule has 2 aromatic rings. The fourth-order valence-electron chi connectivity index (χ4n) is 3.86. The summed E-state index contributed by atoms with van der Waals surface area (Å²) in [6, 6.07) is 9.66. The molecule has 0 radical (unpaired) electrons. The number of thiazole rings is 1. The Bertz CT molecular complexity index is 1090. The molecule has 1 aliphatic rings. The maximum atomic E-state index is 12.4. The molecule has 1 fully saturated rings. The SMILES string of the molecule is CC(CCN(c1ccc(-c2csc(NC3CCNCC3)n2)cc1)S(C)(=O)=O)CC(=O)NCC#N. The normalized spacial score (nSPS) is 15.3. The number of piperidine rings is 1. The molecule has 1 unspecified atom stereocenters. The average molecular weight is 505 g/mol. The molecule has 34 heavy (non-hydrogen) atoms. The monoisotopic (exact) mass is 504 g/mol. The lowest BCUT2D eigenvalue weighted by atomic mass is 10.0. The van der Waals surface area contributed by atoms with E-state index in [0.29, 0.717) is 18.2 Å². The van der Waals surface area contributed by atoms with Crippen molar-refractivity contribution in [3.63, 3.8) is 0 Å². The van der Waals surface area contributed by atoms with Crippen molar-refractivity contribution in [3.05, 3.63) is 29.6 Å². The van der Waals surface area contributed by atoms with Gasteiger partial charge in [0.05, 0.1) is 23.7 Å². The molecule has 0 saturated carbocycles. The molecule has 184 valence electrons. The van der Waals surface area contributed by atoms with Crippen LogP contribution in [-0.2, 0) is 14.8 Å². The maximum Gasteiger partial charge on any atom is 0.232 e. The van der Waals surface area contributed by atoms with Gasteiger partial charge in [-0.15, -0.1) is 11.3 Å². The summed E-state index contributed by atoms with van der Waals surface area (Å²) in [6.45, 7) is 4.17. The quantitative estimate of drug-likeness (QED) is 0.402. The Morgan fingerprint density at radius 1 is 1.32 bits per heavy atom. The van der Waals surface area contributed by atoms with Crippen molar-refractivity contribution in [1.82, 2.24) is 15.6 Å². The number of nitrogens with zero attached hydrogens (tertiary/aromatic N) is 3. The lowest BCUT2D eigenvalue weighted by Gasteiger charge is -2.24. The first-order chi connectivity index (χ1) is 16.3. The molecule has 1 saturated heterocycles. The highest BCUT2D eigenvalue weighted by atomic mass is 32.2. The van der Waals surface area contributed by atoms with Gasteiger partial charge in [-0.3, -0.25) is 9.10 Å². The predicted octanol–water partition coefficient (Wildman–Crippen LogP) is 2.80. The number of aromatic nitrogens is 1. The van der Waals surface area contributed by atoms with Gasteiger partial charge in [0.1, 0.15) is 6.54 Å². The van der Waals surface area contributed by atoms with Gasteiger partial charge in [-0.1, -0.05) is 19.1 Å². The van der Waals surface area contributed by atoms with E-state index in [1.807, 2.05) is 30.5 Å². The van der Waals surface area contributed by atoms with Crippen LogP contribution in [0.4, 0.5) is 10.8 Å². The first-order valence-electron chi connectivity index (χ1n) is 11.4. The number of carbonyl (C=O) groups is 1. The van der Waals surface area contributed by atoms with Crippen molar-refractivity contribution < 1.29 is 13.2 Å². The van der Waals surface area contributed by atoms with E-state index in [-0.39, 0.29) is 31.3 Å². The van der Waals surface area contributed by atoms with E-state index >= 15 is 0 Å². The number of carbonyl (C=O) groups excluding carboxylic acids is 1. The number of nitriles is 1. The molecule has 1 atom stereocenters. The highest BCUT2D eigenvalue weighted by Gasteiger charge is 2.20. The molecule has 0 bridgehead atoms. The third-order valence-electron chi connectivity index (χ3n) is 5.75. The van der Waals surface area contributed by atoms with Crippen LogP contribution < -0.4 is 20.3 Å².